The third-order valence-corrected chi connectivity index (χ3v) is 4.61. The van der Waals surface area contributed by atoms with E-state index in [9.17, 15) is 9.59 Å². The molecule has 0 saturated heterocycles. The van der Waals surface area contributed by atoms with Crippen LogP contribution in [0.1, 0.15) is 33.3 Å². The van der Waals surface area contributed by atoms with Gasteiger partial charge in [-0.2, -0.15) is 0 Å². The lowest BCUT2D eigenvalue weighted by Crippen LogP contribution is -2.30. The molecule has 2 rings (SSSR count). The maximum absolute atomic E-state index is 12.4. The quantitative estimate of drug-likeness (QED) is 0.845. The van der Waals surface area contributed by atoms with E-state index < -0.39 is 12.0 Å². The standard InChI is InChI=1S/C15H14BrNO3S/c1-9-4-5-11(16)10(7-9)15(20)17-12(8-14(18)19)13-3-2-6-21-13/h2-7,12H,8H2,1H3,(H,17,20)(H,18,19). The second kappa shape index (κ2) is 6.87. The molecule has 2 N–H and O–H groups in total. The molecule has 0 bridgehead atoms. The number of hydrogen-bond donors (Lipinski definition) is 2. The lowest BCUT2D eigenvalue weighted by molar-refractivity contribution is -0.137. The van der Waals surface area contributed by atoms with Gasteiger partial charge < -0.3 is 10.4 Å². The summed E-state index contributed by atoms with van der Waals surface area (Å²) in [5.74, 6) is -1.23. The fraction of sp³-hybridized carbons (Fsp3) is 0.200. The van der Waals surface area contributed by atoms with E-state index in [0.717, 1.165) is 10.4 Å². The molecule has 1 heterocycles. The molecule has 1 aromatic carbocycles. The smallest absolute Gasteiger partial charge is 0.305 e. The van der Waals surface area contributed by atoms with Crippen LogP contribution < -0.4 is 5.32 Å². The molecular formula is C15H14BrNO3S. The van der Waals surface area contributed by atoms with Gasteiger partial charge in [0.15, 0.2) is 0 Å². The van der Waals surface area contributed by atoms with Gasteiger partial charge in [-0.15, -0.1) is 11.3 Å². The highest BCUT2D eigenvalue weighted by Gasteiger charge is 2.20. The van der Waals surface area contributed by atoms with Gasteiger partial charge in [0.05, 0.1) is 18.0 Å². The number of aliphatic carboxylic acids is 1. The fourth-order valence-electron chi connectivity index (χ4n) is 1.94. The number of nitrogens with one attached hydrogen (secondary N) is 1. The zero-order valence-electron chi connectivity index (χ0n) is 11.3. The second-order valence-corrected chi connectivity index (χ2v) is 6.46. The number of carboxylic acids is 1. The van der Waals surface area contributed by atoms with Crippen LogP contribution in [0, 0.1) is 6.92 Å². The van der Waals surface area contributed by atoms with Crippen molar-refractivity contribution in [3.63, 3.8) is 0 Å². The van der Waals surface area contributed by atoms with E-state index in [2.05, 4.69) is 21.2 Å². The Morgan fingerprint density at radius 2 is 2.14 bits per heavy atom. The number of amides is 1. The number of hydrogen-bond acceptors (Lipinski definition) is 3. The van der Waals surface area contributed by atoms with Crippen LogP contribution in [-0.2, 0) is 4.79 Å². The molecule has 1 atom stereocenters. The molecule has 0 saturated carbocycles. The van der Waals surface area contributed by atoms with Crippen LogP contribution in [0.25, 0.3) is 0 Å². The van der Waals surface area contributed by atoms with Gasteiger partial charge in [0.2, 0.25) is 0 Å². The molecule has 1 amide bonds. The summed E-state index contributed by atoms with van der Waals surface area (Å²) in [6.07, 6.45) is -0.143. The molecule has 0 aliphatic heterocycles. The predicted octanol–water partition coefficient (Wildman–Crippen LogP) is 3.76. The summed E-state index contributed by atoms with van der Waals surface area (Å²) in [6.45, 7) is 1.90. The Balaban J connectivity index is 2.22. The lowest BCUT2D eigenvalue weighted by atomic mass is 10.1. The van der Waals surface area contributed by atoms with Gasteiger partial charge in [-0.3, -0.25) is 9.59 Å². The van der Waals surface area contributed by atoms with E-state index in [1.54, 1.807) is 6.07 Å². The van der Waals surface area contributed by atoms with Crippen molar-refractivity contribution in [2.45, 2.75) is 19.4 Å². The summed E-state index contributed by atoms with van der Waals surface area (Å²) in [4.78, 5) is 24.2. The summed E-state index contributed by atoms with van der Waals surface area (Å²) in [6, 6.07) is 8.61. The summed E-state index contributed by atoms with van der Waals surface area (Å²) < 4.78 is 0.686. The van der Waals surface area contributed by atoms with Crippen molar-refractivity contribution in [3.8, 4) is 0 Å². The molecule has 0 spiro atoms. The first kappa shape index (κ1) is 15.7. The Kier molecular flexibility index (Phi) is 5.14. The van der Waals surface area contributed by atoms with Crippen molar-refractivity contribution < 1.29 is 14.7 Å². The first-order chi connectivity index (χ1) is 9.97. The number of rotatable bonds is 5. The van der Waals surface area contributed by atoms with Gasteiger partial charge in [-0.1, -0.05) is 17.7 Å². The monoisotopic (exact) mass is 367 g/mol. The van der Waals surface area contributed by atoms with E-state index in [0.29, 0.717) is 10.0 Å². The maximum Gasteiger partial charge on any atom is 0.305 e. The molecular weight excluding hydrogens is 354 g/mol. The minimum Gasteiger partial charge on any atom is -0.481 e. The zero-order chi connectivity index (χ0) is 15.4. The van der Waals surface area contributed by atoms with Crippen LogP contribution in [0.5, 0.6) is 0 Å². The van der Waals surface area contributed by atoms with Crippen LogP contribution in [0.3, 0.4) is 0 Å². The molecule has 4 nitrogen and oxygen atoms in total. The van der Waals surface area contributed by atoms with Gasteiger partial charge in [0.1, 0.15) is 0 Å². The van der Waals surface area contributed by atoms with Gasteiger partial charge in [-0.05, 0) is 46.4 Å². The first-order valence-electron chi connectivity index (χ1n) is 6.29. The van der Waals surface area contributed by atoms with E-state index in [1.165, 1.54) is 11.3 Å². The number of carbonyl (C=O) groups excluding carboxylic acids is 1. The van der Waals surface area contributed by atoms with Gasteiger partial charge in [0, 0.05) is 9.35 Å². The summed E-state index contributed by atoms with van der Waals surface area (Å²) in [5.41, 5.74) is 1.47. The average molecular weight is 368 g/mol. The van der Waals surface area contributed by atoms with Crippen molar-refractivity contribution in [3.05, 3.63) is 56.2 Å². The molecule has 1 unspecified atom stereocenters. The Morgan fingerprint density at radius 3 is 2.76 bits per heavy atom. The van der Waals surface area contributed by atoms with Gasteiger partial charge >= 0.3 is 5.97 Å². The SMILES string of the molecule is Cc1ccc(Br)c(C(=O)NC(CC(=O)O)c2cccs2)c1. The molecule has 0 fully saturated rings. The largest absolute Gasteiger partial charge is 0.481 e. The van der Waals surface area contributed by atoms with E-state index >= 15 is 0 Å². The molecule has 6 heteroatoms. The molecule has 1 aromatic heterocycles. The molecule has 0 aliphatic carbocycles. The molecule has 110 valence electrons. The summed E-state index contributed by atoms with van der Waals surface area (Å²) in [7, 11) is 0. The van der Waals surface area contributed by atoms with Gasteiger partial charge in [-0.25, -0.2) is 0 Å². The molecule has 0 aliphatic rings. The lowest BCUT2D eigenvalue weighted by Gasteiger charge is -2.16. The highest BCUT2D eigenvalue weighted by atomic mass is 79.9. The van der Waals surface area contributed by atoms with Crippen molar-refractivity contribution in [1.29, 1.82) is 0 Å². The van der Waals surface area contributed by atoms with Crippen LogP contribution >= 0.6 is 27.3 Å². The highest BCUT2D eigenvalue weighted by molar-refractivity contribution is 9.10. The topological polar surface area (TPSA) is 66.4 Å². The van der Waals surface area contributed by atoms with Crippen LogP contribution in [-0.4, -0.2) is 17.0 Å². The molecule has 21 heavy (non-hydrogen) atoms. The third kappa shape index (κ3) is 4.15. The number of aryl methyl sites for hydroxylation is 1. The van der Waals surface area contributed by atoms with Gasteiger partial charge in [0.25, 0.3) is 5.91 Å². The minimum atomic E-state index is -0.947. The number of benzene rings is 1. The average Bonchev–Trinajstić information content (AvgIpc) is 2.94. The molecule has 0 radical (unpaired) electrons. The van der Waals surface area contributed by atoms with Crippen molar-refractivity contribution in [2.75, 3.05) is 0 Å². The Bertz CT molecular complexity index is 655. The van der Waals surface area contributed by atoms with Crippen LogP contribution in [0.4, 0.5) is 0 Å². The maximum atomic E-state index is 12.4. The molecule has 2 aromatic rings. The fourth-order valence-corrected chi connectivity index (χ4v) is 3.14. The highest BCUT2D eigenvalue weighted by Crippen LogP contribution is 2.24. The Hall–Kier alpha value is -1.66. The number of halogens is 1. The van der Waals surface area contributed by atoms with Crippen molar-refractivity contribution >= 4 is 39.1 Å². The second-order valence-electron chi connectivity index (χ2n) is 4.62. The van der Waals surface area contributed by atoms with E-state index in [-0.39, 0.29) is 12.3 Å². The van der Waals surface area contributed by atoms with Crippen molar-refractivity contribution in [1.82, 2.24) is 5.32 Å². The van der Waals surface area contributed by atoms with Crippen molar-refractivity contribution in [2.24, 2.45) is 0 Å². The normalized spacial score (nSPS) is 11.9. The van der Waals surface area contributed by atoms with E-state index in [1.807, 2.05) is 36.6 Å². The van der Waals surface area contributed by atoms with Crippen LogP contribution in [0.2, 0.25) is 0 Å². The zero-order valence-corrected chi connectivity index (χ0v) is 13.7. The predicted molar refractivity (Wildman–Crippen MR) is 85.7 cm³/mol. The van der Waals surface area contributed by atoms with E-state index in [4.69, 9.17) is 5.11 Å². The third-order valence-electron chi connectivity index (χ3n) is 2.94. The number of carbonyl (C=O) groups is 2. The minimum absolute atomic E-state index is 0.143. The first-order valence-corrected chi connectivity index (χ1v) is 7.97. The number of thiophene rings is 1. The summed E-state index contributed by atoms with van der Waals surface area (Å²) >= 11 is 4.77. The Morgan fingerprint density at radius 1 is 1.38 bits per heavy atom. The number of carboxylic acid groups (broad SMARTS) is 1. The summed E-state index contributed by atoms with van der Waals surface area (Å²) in [5, 5.41) is 13.7. The van der Waals surface area contributed by atoms with Crippen LogP contribution in [0.15, 0.2) is 40.2 Å². The Labute approximate surface area is 134 Å².